The van der Waals surface area contributed by atoms with Crippen LogP contribution in [0, 0.1) is 0 Å². The van der Waals surface area contributed by atoms with Crippen LogP contribution in [0.1, 0.15) is 25.7 Å². The number of sulfonamides is 1. The predicted molar refractivity (Wildman–Crippen MR) is 81.6 cm³/mol. The van der Waals surface area contributed by atoms with Crippen LogP contribution in [0.2, 0.25) is 0 Å². The maximum atomic E-state index is 12.3. The second-order valence-corrected chi connectivity index (χ2v) is 7.71. The molecule has 21 heavy (non-hydrogen) atoms. The van der Waals surface area contributed by atoms with Crippen LogP contribution in [-0.2, 0) is 10.0 Å². The molecule has 0 saturated carbocycles. The molecule has 0 radical (unpaired) electrons. The Bertz CT molecular complexity index is 633. The summed E-state index contributed by atoms with van der Waals surface area (Å²) in [5.41, 5.74) is 6.88. The maximum Gasteiger partial charge on any atom is 0.242 e. The molecule has 0 spiro atoms. The van der Waals surface area contributed by atoms with Gasteiger partial charge < -0.3 is 15.7 Å². The van der Waals surface area contributed by atoms with Gasteiger partial charge in [0.1, 0.15) is 4.90 Å². The van der Waals surface area contributed by atoms with Gasteiger partial charge in [0.05, 0.1) is 11.8 Å². The second-order valence-electron chi connectivity index (χ2n) is 5.85. The van der Waals surface area contributed by atoms with Gasteiger partial charge in [0.25, 0.3) is 0 Å². The molecule has 1 aromatic carbocycles. The zero-order valence-corrected chi connectivity index (χ0v) is 12.8. The molecule has 2 aliphatic heterocycles. The highest BCUT2D eigenvalue weighted by molar-refractivity contribution is 7.89. The molecular weight excluding hydrogens is 290 g/mol. The molecule has 0 amide bonds. The van der Waals surface area contributed by atoms with Crippen LogP contribution in [0.15, 0.2) is 23.1 Å². The quantitative estimate of drug-likeness (QED) is 0.713. The molecule has 2 saturated heterocycles. The first-order valence-electron chi connectivity index (χ1n) is 7.22. The van der Waals surface area contributed by atoms with Gasteiger partial charge in [-0.2, -0.15) is 0 Å². The third kappa shape index (κ3) is 2.49. The van der Waals surface area contributed by atoms with Crippen LogP contribution in [-0.4, -0.2) is 38.8 Å². The average Bonchev–Trinajstić information content (AvgIpc) is 2.71. The maximum absolute atomic E-state index is 12.3. The number of aliphatic hydroxyl groups excluding tert-OH is 1. The topological polar surface area (TPSA) is 95.7 Å². The van der Waals surface area contributed by atoms with Crippen molar-refractivity contribution >= 4 is 21.4 Å². The fraction of sp³-hybridized carbons (Fsp3) is 0.571. The van der Waals surface area contributed by atoms with Gasteiger partial charge >= 0.3 is 0 Å². The normalized spacial score (nSPS) is 28.9. The Kier molecular flexibility index (Phi) is 3.59. The smallest absolute Gasteiger partial charge is 0.242 e. The number of aliphatic hydroxyl groups is 1. The number of fused-ring (bicyclic) bond motifs is 2. The van der Waals surface area contributed by atoms with Crippen molar-refractivity contribution in [1.82, 2.24) is 4.72 Å². The highest BCUT2D eigenvalue weighted by Gasteiger charge is 2.41. The molecule has 0 aliphatic carbocycles. The van der Waals surface area contributed by atoms with Crippen molar-refractivity contribution < 1.29 is 13.5 Å². The van der Waals surface area contributed by atoms with E-state index >= 15 is 0 Å². The highest BCUT2D eigenvalue weighted by atomic mass is 32.2. The highest BCUT2D eigenvalue weighted by Crippen LogP contribution is 2.42. The van der Waals surface area contributed by atoms with Crippen molar-refractivity contribution in [3.8, 4) is 0 Å². The minimum absolute atomic E-state index is 0.202. The first-order valence-corrected chi connectivity index (χ1v) is 8.70. The van der Waals surface area contributed by atoms with E-state index < -0.39 is 10.0 Å². The summed E-state index contributed by atoms with van der Waals surface area (Å²) in [6.45, 7) is 0. The van der Waals surface area contributed by atoms with Crippen LogP contribution in [0.4, 0.5) is 11.4 Å². The van der Waals surface area contributed by atoms with Crippen molar-refractivity contribution in [3.05, 3.63) is 18.2 Å². The summed E-state index contributed by atoms with van der Waals surface area (Å²) in [6.07, 6.45) is 3.09. The number of nitrogens with two attached hydrogens (primary N) is 1. The Morgan fingerprint density at radius 2 is 1.90 bits per heavy atom. The van der Waals surface area contributed by atoms with Crippen molar-refractivity contribution in [2.45, 2.75) is 48.8 Å². The van der Waals surface area contributed by atoms with E-state index in [1.54, 1.807) is 12.1 Å². The van der Waals surface area contributed by atoms with E-state index in [1.807, 2.05) is 0 Å². The van der Waals surface area contributed by atoms with Gasteiger partial charge in [-0.05, 0) is 50.9 Å². The van der Waals surface area contributed by atoms with Gasteiger partial charge in [-0.25, -0.2) is 13.1 Å². The van der Waals surface area contributed by atoms with Crippen molar-refractivity contribution in [2.24, 2.45) is 0 Å². The van der Waals surface area contributed by atoms with E-state index in [4.69, 9.17) is 5.73 Å². The van der Waals surface area contributed by atoms with Gasteiger partial charge in [-0.3, -0.25) is 0 Å². The minimum atomic E-state index is -3.57. The third-order valence-corrected chi connectivity index (χ3v) is 5.97. The number of anilines is 2. The van der Waals surface area contributed by atoms with Gasteiger partial charge in [0.15, 0.2) is 0 Å². The van der Waals surface area contributed by atoms with Crippen molar-refractivity contribution in [1.29, 1.82) is 0 Å². The summed E-state index contributed by atoms with van der Waals surface area (Å²) in [4.78, 5) is 2.38. The number of hydrogen-bond acceptors (Lipinski definition) is 5. The van der Waals surface area contributed by atoms with Crippen LogP contribution < -0.4 is 15.4 Å². The number of rotatable bonds is 3. The Labute approximate surface area is 125 Å². The van der Waals surface area contributed by atoms with E-state index in [2.05, 4.69) is 9.62 Å². The largest absolute Gasteiger partial charge is 0.399 e. The monoisotopic (exact) mass is 311 g/mol. The van der Waals surface area contributed by atoms with Crippen LogP contribution >= 0.6 is 0 Å². The van der Waals surface area contributed by atoms with Gasteiger partial charge in [0, 0.05) is 17.8 Å². The molecule has 116 valence electrons. The molecule has 2 aliphatic rings. The molecule has 1 aromatic rings. The van der Waals surface area contributed by atoms with Crippen molar-refractivity contribution in [2.75, 3.05) is 17.7 Å². The molecule has 2 bridgehead atoms. The summed E-state index contributed by atoms with van der Waals surface area (Å²) in [5, 5.41) is 9.90. The van der Waals surface area contributed by atoms with Crippen LogP contribution in [0.5, 0.6) is 0 Å². The zero-order valence-electron chi connectivity index (χ0n) is 12.0. The summed E-state index contributed by atoms with van der Waals surface area (Å²) >= 11 is 0. The number of hydrogen-bond donors (Lipinski definition) is 3. The summed E-state index contributed by atoms with van der Waals surface area (Å²) in [6, 6.07) is 5.42. The van der Waals surface area contributed by atoms with Gasteiger partial charge in [-0.15, -0.1) is 0 Å². The Morgan fingerprint density at radius 1 is 1.29 bits per heavy atom. The molecule has 6 nitrogen and oxygen atoms in total. The Balaban J connectivity index is 2.08. The van der Waals surface area contributed by atoms with E-state index in [9.17, 15) is 13.5 Å². The van der Waals surface area contributed by atoms with E-state index in [0.29, 0.717) is 24.2 Å². The molecule has 0 aromatic heterocycles. The van der Waals surface area contributed by atoms with Gasteiger partial charge in [0.2, 0.25) is 10.0 Å². The molecule has 2 heterocycles. The second kappa shape index (κ2) is 5.15. The molecule has 4 N–H and O–H groups in total. The molecule has 2 unspecified atom stereocenters. The van der Waals surface area contributed by atoms with Crippen LogP contribution in [0.25, 0.3) is 0 Å². The molecule has 2 atom stereocenters. The van der Waals surface area contributed by atoms with Gasteiger partial charge in [-0.1, -0.05) is 0 Å². The van der Waals surface area contributed by atoms with Crippen LogP contribution in [0.3, 0.4) is 0 Å². The van der Waals surface area contributed by atoms with E-state index in [-0.39, 0.29) is 23.1 Å². The molecular formula is C14H21N3O3S. The minimum Gasteiger partial charge on any atom is -0.399 e. The lowest BCUT2D eigenvalue weighted by molar-refractivity contribution is 0.126. The number of piperidine rings is 1. The first-order chi connectivity index (χ1) is 9.92. The number of benzene rings is 1. The van der Waals surface area contributed by atoms with E-state index in [1.165, 1.54) is 13.1 Å². The third-order valence-electron chi connectivity index (χ3n) is 4.53. The summed E-state index contributed by atoms with van der Waals surface area (Å²) in [5.74, 6) is 0. The average molecular weight is 311 g/mol. The summed E-state index contributed by atoms with van der Waals surface area (Å²) in [7, 11) is -2.17. The molecule has 7 heteroatoms. The standard InChI is InChI=1S/C14H21N3O3S/c1-16-21(19,20)14-6-9(15)2-5-13(14)17-10-3-4-11(17)8-12(18)7-10/h2,5-6,10-12,16,18H,3-4,7-8,15H2,1H3. The lowest BCUT2D eigenvalue weighted by atomic mass is 9.99. The molecule has 2 fully saturated rings. The number of nitrogen functional groups attached to an aromatic ring is 1. The SMILES string of the molecule is CNS(=O)(=O)c1cc(N)ccc1N1C2CCC1CC(O)C2. The lowest BCUT2D eigenvalue weighted by Crippen LogP contribution is -2.45. The predicted octanol–water partition coefficient (Wildman–Crippen LogP) is 0.669. The first kappa shape index (κ1) is 14.6. The van der Waals surface area contributed by atoms with E-state index in [0.717, 1.165) is 12.8 Å². The summed E-state index contributed by atoms with van der Waals surface area (Å²) < 4.78 is 26.9. The Morgan fingerprint density at radius 3 is 2.48 bits per heavy atom. The molecule has 3 rings (SSSR count). The number of nitrogens with one attached hydrogen (secondary N) is 1. The number of nitrogens with zero attached hydrogens (tertiary/aromatic N) is 1. The zero-order chi connectivity index (χ0) is 15.2. The van der Waals surface area contributed by atoms with Crippen molar-refractivity contribution in [3.63, 3.8) is 0 Å². The fourth-order valence-corrected chi connectivity index (χ4v) is 4.57. The lowest BCUT2D eigenvalue weighted by Gasteiger charge is -2.39. The Hall–Kier alpha value is -1.31. The fourth-order valence-electron chi connectivity index (χ4n) is 3.61.